The van der Waals surface area contributed by atoms with E-state index >= 15 is 0 Å². The fourth-order valence-electron chi connectivity index (χ4n) is 0.171. The van der Waals surface area contributed by atoms with Crippen molar-refractivity contribution in [1.82, 2.24) is 0 Å². The molecule has 0 aromatic carbocycles. The van der Waals surface area contributed by atoms with Crippen LogP contribution in [-0.2, 0) is 4.79 Å². The fraction of sp³-hybridized carbons (Fsp3) is 0.400. The number of rotatable bonds is 2. The maximum absolute atomic E-state index is 10.1. The summed E-state index contributed by atoms with van der Waals surface area (Å²) in [5.74, 6) is -0.333. The van der Waals surface area contributed by atoms with Crippen LogP contribution in [0.2, 0.25) is 0 Å². The van der Waals surface area contributed by atoms with Gasteiger partial charge in [0.25, 0.3) is 0 Å². The molecule has 7 heavy (non-hydrogen) atoms. The highest BCUT2D eigenvalue weighted by molar-refractivity contribution is 5.92. The summed E-state index contributed by atoms with van der Waals surface area (Å²) in [6.07, 6.45) is 0.211. The zero-order valence-corrected chi connectivity index (χ0v) is 4.22. The Morgan fingerprint density at radius 3 is 2.43 bits per heavy atom. The average molecular weight is 100 g/mol. The molecule has 0 aromatic heterocycles. The Bertz CT molecular complexity index is 84.1. The molecule has 1 atom stereocenters. The van der Waals surface area contributed by atoms with Crippen LogP contribution in [0.25, 0.3) is 0 Å². The molecule has 2 nitrogen and oxygen atoms in total. The molecule has 0 heterocycles. The number of aliphatic hydroxyl groups is 1. The molecule has 0 bridgehead atoms. The second kappa shape index (κ2) is 2.53. The van der Waals surface area contributed by atoms with Gasteiger partial charge >= 0.3 is 0 Å². The minimum absolute atomic E-state index is 0.333. The molecule has 0 aliphatic rings. The van der Waals surface area contributed by atoms with Crippen molar-refractivity contribution in [2.24, 2.45) is 0 Å². The van der Waals surface area contributed by atoms with Gasteiger partial charge in [-0.1, -0.05) is 6.58 Å². The van der Waals surface area contributed by atoms with Gasteiger partial charge in [0.1, 0.15) is 6.10 Å². The molecule has 1 unspecified atom stereocenters. The Morgan fingerprint density at radius 1 is 2.00 bits per heavy atom. The van der Waals surface area contributed by atoms with Crippen LogP contribution in [0, 0.1) is 0 Å². The topological polar surface area (TPSA) is 37.3 Å². The van der Waals surface area contributed by atoms with Crippen molar-refractivity contribution in [3.63, 3.8) is 0 Å². The number of ketones is 1. The standard InChI is InChI=1S/C5H8O2/c1-3-5(7)4(2)6/h3-4,6H,1H2,2H3. The minimum atomic E-state index is -0.891. The Labute approximate surface area is 42.5 Å². The van der Waals surface area contributed by atoms with E-state index in [1.54, 1.807) is 0 Å². The minimum Gasteiger partial charge on any atom is -0.385 e. The van der Waals surface area contributed by atoms with Crippen LogP contribution in [0.4, 0.5) is 0 Å². The summed E-state index contributed by atoms with van der Waals surface area (Å²) < 4.78 is 0. The van der Waals surface area contributed by atoms with Crippen molar-refractivity contribution < 1.29 is 9.90 Å². The van der Waals surface area contributed by atoms with Crippen molar-refractivity contribution in [3.8, 4) is 0 Å². The van der Waals surface area contributed by atoms with Crippen molar-refractivity contribution in [2.45, 2.75) is 13.0 Å². The summed E-state index contributed by atoms with van der Waals surface area (Å²) in [5.41, 5.74) is 0. The third-order valence-corrected chi connectivity index (χ3v) is 0.613. The van der Waals surface area contributed by atoms with E-state index in [1.165, 1.54) is 6.92 Å². The lowest BCUT2D eigenvalue weighted by Crippen LogP contribution is -2.11. The monoisotopic (exact) mass is 100 g/mol. The highest BCUT2D eigenvalue weighted by atomic mass is 16.3. The zero-order chi connectivity index (χ0) is 5.86. The van der Waals surface area contributed by atoms with E-state index in [0.29, 0.717) is 0 Å². The predicted molar refractivity (Wildman–Crippen MR) is 26.9 cm³/mol. The molecule has 0 fully saturated rings. The van der Waals surface area contributed by atoms with Crippen LogP contribution < -0.4 is 0 Å². The lowest BCUT2D eigenvalue weighted by Gasteiger charge is -1.92. The molecule has 0 rings (SSSR count). The number of carbonyl (C=O) groups is 1. The number of hydrogen-bond acceptors (Lipinski definition) is 2. The first-order chi connectivity index (χ1) is 3.18. The van der Waals surface area contributed by atoms with Gasteiger partial charge < -0.3 is 5.11 Å². The third kappa shape index (κ3) is 2.11. The van der Waals surface area contributed by atoms with E-state index in [0.717, 1.165) is 6.08 Å². The summed E-state index contributed by atoms with van der Waals surface area (Å²) in [6.45, 7) is 4.58. The zero-order valence-electron chi connectivity index (χ0n) is 4.22. The second-order valence-corrected chi connectivity index (χ2v) is 1.28. The molecule has 0 aliphatic carbocycles. The number of aliphatic hydroxyl groups excluding tert-OH is 1. The summed E-state index contributed by atoms with van der Waals surface area (Å²) in [7, 11) is 0. The summed E-state index contributed by atoms with van der Waals surface area (Å²) in [4.78, 5) is 10.1. The Morgan fingerprint density at radius 2 is 2.43 bits per heavy atom. The average Bonchev–Trinajstić information content (AvgIpc) is 1.65. The Kier molecular flexibility index (Phi) is 2.30. The van der Waals surface area contributed by atoms with Crippen LogP contribution in [0.1, 0.15) is 6.92 Å². The fourth-order valence-corrected chi connectivity index (χ4v) is 0.171. The van der Waals surface area contributed by atoms with Gasteiger partial charge in [-0.15, -0.1) is 0 Å². The smallest absolute Gasteiger partial charge is 0.183 e. The van der Waals surface area contributed by atoms with Crippen molar-refractivity contribution in [3.05, 3.63) is 12.7 Å². The van der Waals surface area contributed by atoms with E-state index in [-0.39, 0.29) is 5.78 Å². The lowest BCUT2D eigenvalue weighted by molar-refractivity contribution is -0.121. The molecular weight excluding hydrogens is 92.1 g/mol. The van der Waals surface area contributed by atoms with Gasteiger partial charge in [-0.25, -0.2) is 0 Å². The van der Waals surface area contributed by atoms with Gasteiger partial charge in [-0.2, -0.15) is 0 Å². The second-order valence-electron chi connectivity index (χ2n) is 1.28. The largest absolute Gasteiger partial charge is 0.385 e. The quantitative estimate of drug-likeness (QED) is 0.500. The first-order valence-electron chi connectivity index (χ1n) is 2.03. The van der Waals surface area contributed by atoms with E-state index in [9.17, 15) is 4.79 Å². The lowest BCUT2D eigenvalue weighted by atomic mass is 10.3. The Balaban J connectivity index is 3.56. The molecule has 0 spiro atoms. The SMILES string of the molecule is C=CC(=O)C(C)O. The first-order valence-corrected chi connectivity index (χ1v) is 2.03. The van der Waals surface area contributed by atoms with Crippen molar-refractivity contribution >= 4 is 5.78 Å². The van der Waals surface area contributed by atoms with Crippen LogP contribution in [0.5, 0.6) is 0 Å². The molecule has 0 saturated heterocycles. The van der Waals surface area contributed by atoms with E-state index in [1.807, 2.05) is 0 Å². The third-order valence-electron chi connectivity index (χ3n) is 0.613. The molecule has 0 saturated carbocycles. The van der Waals surface area contributed by atoms with E-state index in [4.69, 9.17) is 5.11 Å². The molecule has 0 radical (unpaired) electrons. The summed E-state index contributed by atoms with van der Waals surface area (Å²) >= 11 is 0. The molecule has 2 heteroatoms. The van der Waals surface area contributed by atoms with Gasteiger partial charge in [0.15, 0.2) is 5.78 Å². The Hall–Kier alpha value is -0.630. The molecule has 0 aromatic rings. The van der Waals surface area contributed by atoms with Crippen LogP contribution in [0.3, 0.4) is 0 Å². The van der Waals surface area contributed by atoms with Gasteiger partial charge in [-0.05, 0) is 13.0 Å². The van der Waals surface area contributed by atoms with Crippen LogP contribution in [-0.4, -0.2) is 17.0 Å². The number of hydrogen-bond donors (Lipinski definition) is 1. The van der Waals surface area contributed by atoms with Gasteiger partial charge in [0, 0.05) is 0 Å². The van der Waals surface area contributed by atoms with Gasteiger partial charge in [-0.3, -0.25) is 4.79 Å². The van der Waals surface area contributed by atoms with E-state index < -0.39 is 6.10 Å². The van der Waals surface area contributed by atoms with Gasteiger partial charge in [0.2, 0.25) is 0 Å². The summed E-state index contributed by atoms with van der Waals surface area (Å²) in [5, 5.41) is 8.40. The highest BCUT2D eigenvalue weighted by Crippen LogP contribution is 1.81. The first kappa shape index (κ1) is 6.37. The molecule has 0 amide bonds. The normalized spacial score (nSPS) is 12.9. The van der Waals surface area contributed by atoms with Crippen LogP contribution >= 0.6 is 0 Å². The van der Waals surface area contributed by atoms with Crippen molar-refractivity contribution in [2.75, 3.05) is 0 Å². The van der Waals surface area contributed by atoms with Gasteiger partial charge in [0.05, 0.1) is 0 Å². The van der Waals surface area contributed by atoms with Crippen molar-refractivity contribution in [1.29, 1.82) is 0 Å². The molecular formula is C5H8O2. The molecule has 0 aliphatic heterocycles. The highest BCUT2D eigenvalue weighted by Gasteiger charge is 2.00. The number of carbonyl (C=O) groups excluding carboxylic acids is 1. The van der Waals surface area contributed by atoms with E-state index in [2.05, 4.69) is 6.58 Å². The summed E-state index contributed by atoms with van der Waals surface area (Å²) in [6, 6.07) is 0. The predicted octanol–water partition coefficient (Wildman–Crippen LogP) is 0.122. The maximum Gasteiger partial charge on any atom is 0.183 e. The molecule has 1 N–H and O–H groups in total. The maximum atomic E-state index is 10.1. The molecule has 40 valence electrons. The van der Waals surface area contributed by atoms with Crippen LogP contribution in [0.15, 0.2) is 12.7 Å².